The van der Waals surface area contributed by atoms with Crippen LogP contribution in [0.2, 0.25) is 0 Å². The molecule has 0 aliphatic carbocycles. The van der Waals surface area contributed by atoms with Gasteiger partial charge in [-0.25, -0.2) is 9.78 Å². The molecule has 0 saturated heterocycles. The third-order valence-corrected chi connectivity index (χ3v) is 5.28. The molecule has 0 aliphatic heterocycles. The second kappa shape index (κ2) is 6.42. The Hall–Kier alpha value is -1.98. The highest BCUT2D eigenvalue weighted by Crippen LogP contribution is 2.37. The van der Waals surface area contributed by atoms with Gasteiger partial charge in [-0.3, -0.25) is 0 Å². The number of hydrogen-bond donors (Lipinski definition) is 0. The fourth-order valence-corrected chi connectivity index (χ4v) is 3.98. The molecule has 0 atom stereocenters. The van der Waals surface area contributed by atoms with Crippen LogP contribution in [-0.2, 0) is 4.74 Å². The van der Waals surface area contributed by atoms with Gasteiger partial charge in [0.25, 0.3) is 0 Å². The smallest absolute Gasteiger partial charge is 0.350 e. The van der Waals surface area contributed by atoms with Crippen molar-refractivity contribution in [2.45, 2.75) is 13.8 Å². The van der Waals surface area contributed by atoms with E-state index in [4.69, 9.17) is 4.74 Å². The molecule has 0 saturated carbocycles. The van der Waals surface area contributed by atoms with E-state index in [1.807, 2.05) is 31.2 Å². The van der Waals surface area contributed by atoms with E-state index >= 15 is 0 Å². The summed E-state index contributed by atoms with van der Waals surface area (Å²) in [4.78, 5) is 18.3. The normalized spacial score (nSPS) is 10.6. The zero-order chi connectivity index (χ0) is 15.5. The van der Waals surface area contributed by atoms with Crippen LogP contribution in [0, 0.1) is 6.92 Å². The second-order valence-corrected chi connectivity index (χ2v) is 6.62. The molecule has 3 rings (SSSR count). The number of nitrogens with zero attached hydrogens (tertiary/aromatic N) is 1. The Bertz CT molecular complexity index is 791. The summed E-state index contributed by atoms with van der Waals surface area (Å²) >= 11 is 3.09. The van der Waals surface area contributed by atoms with Crippen LogP contribution in [0.15, 0.2) is 41.8 Å². The molecule has 0 N–H and O–H groups in total. The number of esters is 1. The number of hydrogen-bond acceptors (Lipinski definition) is 5. The van der Waals surface area contributed by atoms with Crippen molar-refractivity contribution in [3.8, 4) is 21.0 Å². The average Bonchev–Trinajstić information content (AvgIpc) is 3.17. The quantitative estimate of drug-likeness (QED) is 0.631. The van der Waals surface area contributed by atoms with Gasteiger partial charge in [-0.2, -0.15) is 0 Å². The summed E-state index contributed by atoms with van der Waals surface area (Å²) in [7, 11) is 0. The summed E-state index contributed by atoms with van der Waals surface area (Å²) in [5.74, 6) is -0.294. The summed E-state index contributed by atoms with van der Waals surface area (Å²) < 4.78 is 5.09. The van der Waals surface area contributed by atoms with Gasteiger partial charge in [-0.05, 0) is 25.3 Å². The fourth-order valence-electron chi connectivity index (χ4n) is 2.21. The number of ether oxygens (including phenoxy) is 1. The van der Waals surface area contributed by atoms with Crippen LogP contribution in [0.5, 0.6) is 0 Å². The number of thiazole rings is 1. The van der Waals surface area contributed by atoms with E-state index in [2.05, 4.69) is 22.5 Å². The van der Waals surface area contributed by atoms with Crippen LogP contribution in [-0.4, -0.2) is 17.6 Å². The number of aromatic nitrogens is 1. The van der Waals surface area contributed by atoms with Gasteiger partial charge in [0, 0.05) is 16.0 Å². The molecule has 0 spiro atoms. The summed E-state index contributed by atoms with van der Waals surface area (Å²) in [6.07, 6.45) is 0. The van der Waals surface area contributed by atoms with E-state index in [1.54, 1.807) is 18.3 Å². The number of thiophene rings is 1. The van der Waals surface area contributed by atoms with Crippen LogP contribution in [0.25, 0.3) is 21.0 Å². The minimum Gasteiger partial charge on any atom is -0.462 e. The van der Waals surface area contributed by atoms with Crippen LogP contribution in [0.1, 0.15) is 22.3 Å². The van der Waals surface area contributed by atoms with E-state index in [0.717, 1.165) is 21.8 Å². The summed E-state index contributed by atoms with van der Waals surface area (Å²) in [6.45, 7) is 4.03. The first-order valence-corrected chi connectivity index (χ1v) is 8.68. The Kier molecular flexibility index (Phi) is 4.36. The highest BCUT2D eigenvalue weighted by atomic mass is 32.1. The van der Waals surface area contributed by atoms with E-state index in [9.17, 15) is 4.79 Å². The molecule has 0 aliphatic rings. The first kappa shape index (κ1) is 14.9. The van der Waals surface area contributed by atoms with Gasteiger partial charge in [0.1, 0.15) is 9.88 Å². The minimum absolute atomic E-state index is 0.294. The van der Waals surface area contributed by atoms with Gasteiger partial charge >= 0.3 is 5.97 Å². The van der Waals surface area contributed by atoms with Gasteiger partial charge in [0.2, 0.25) is 0 Å². The lowest BCUT2D eigenvalue weighted by Crippen LogP contribution is -2.03. The molecule has 5 heteroatoms. The van der Waals surface area contributed by atoms with Crippen molar-refractivity contribution in [3.05, 3.63) is 52.3 Å². The van der Waals surface area contributed by atoms with Crippen molar-refractivity contribution in [2.75, 3.05) is 6.61 Å². The maximum Gasteiger partial charge on any atom is 0.350 e. The maximum absolute atomic E-state index is 12.0. The third kappa shape index (κ3) is 2.82. The number of carbonyl (C=O) groups excluding carboxylic acids is 1. The molecule has 0 radical (unpaired) electrons. The molecule has 3 aromatic rings. The zero-order valence-electron chi connectivity index (χ0n) is 12.3. The predicted molar refractivity (Wildman–Crippen MR) is 91.6 cm³/mol. The van der Waals surface area contributed by atoms with Gasteiger partial charge in [-0.1, -0.05) is 30.3 Å². The molecular weight excluding hydrogens is 314 g/mol. The highest BCUT2D eigenvalue weighted by molar-refractivity contribution is 7.17. The number of rotatable bonds is 4. The maximum atomic E-state index is 12.0. The van der Waals surface area contributed by atoms with Gasteiger partial charge < -0.3 is 4.74 Å². The van der Waals surface area contributed by atoms with Crippen molar-refractivity contribution in [1.82, 2.24) is 4.98 Å². The molecule has 112 valence electrons. The average molecular weight is 329 g/mol. The standard InChI is InChI=1S/C17H15NO2S2/c1-3-20-17(19)15-11(2)18-16(22-15)13-8-5-4-7-12(13)14-9-6-10-21-14/h4-10H,3H2,1-2H3. The molecular formula is C17H15NO2S2. The Balaban J connectivity index is 2.06. The lowest BCUT2D eigenvalue weighted by atomic mass is 10.1. The predicted octanol–water partition coefficient (Wildman–Crippen LogP) is 5.02. The Morgan fingerprint density at radius 2 is 1.95 bits per heavy atom. The summed E-state index contributed by atoms with van der Waals surface area (Å²) in [5, 5.41) is 2.91. The van der Waals surface area contributed by atoms with E-state index < -0.39 is 0 Å². The van der Waals surface area contributed by atoms with Crippen molar-refractivity contribution in [1.29, 1.82) is 0 Å². The number of benzene rings is 1. The van der Waals surface area contributed by atoms with Gasteiger partial charge in [0.15, 0.2) is 0 Å². The molecule has 1 aromatic carbocycles. The van der Waals surface area contributed by atoms with E-state index in [1.165, 1.54) is 16.2 Å². The molecule has 3 nitrogen and oxygen atoms in total. The fraction of sp³-hybridized carbons (Fsp3) is 0.176. The first-order chi connectivity index (χ1) is 10.7. The second-order valence-electron chi connectivity index (χ2n) is 4.68. The van der Waals surface area contributed by atoms with Gasteiger partial charge in [0.05, 0.1) is 12.3 Å². The minimum atomic E-state index is -0.294. The molecule has 0 bridgehead atoms. The van der Waals surface area contributed by atoms with Crippen LogP contribution >= 0.6 is 22.7 Å². The van der Waals surface area contributed by atoms with Crippen molar-refractivity contribution in [3.63, 3.8) is 0 Å². The van der Waals surface area contributed by atoms with Crippen molar-refractivity contribution >= 4 is 28.6 Å². The SMILES string of the molecule is CCOC(=O)c1sc(-c2ccccc2-c2cccs2)nc1C. The topological polar surface area (TPSA) is 39.2 Å². The Morgan fingerprint density at radius 3 is 2.64 bits per heavy atom. The zero-order valence-corrected chi connectivity index (χ0v) is 14.0. The molecule has 0 amide bonds. The van der Waals surface area contributed by atoms with Crippen molar-refractivity contribution < 1.29 is 9.53 Å². The first-order valence-electron chi connectivity index (χ1n) is 6.98. The molecule has 22 heavy (non-hydrogen) atoms. The molecule has 0 fully saturated rings. The van der Waals surface area contributed by atoms with Gasteiger partial charge in [-0.15, -0.1) is 22.7 Å². The number of carbonyl (C=O) groups is 1. The van der Waals surface area contributed by atoms with E-state index in [-0.39, 0.29) is 5.97 Å². The lowest BCUT2D eigenvalue weighted by molar-refractivity contribution is 0.0531. The molecule has 0 unspecified atom stereocenters. The molecule has 2 aromatic heterocycles. The Labute approximate surface area is 137 Å². The third-order valence-electron chi connectivity index (χ3n) is 3.20. The lowest BCUT2D eigenvalue weighted by Gasteiger charge is -2.04. The summed E-state index contributed by atoms with van der Waals surface area (Å²) in [5.41, 5.74) is 2.91. The summed E-state index contributed by atoms with van der Waals surface area (Å²) in [6, 6.07) is 12.3. The van der Waals surface area contributed by atoms with E-state index in [0.29, 0.717) is 11.5 Å². The Morgan fingerprint density at radius 1 is 1.18 bits per heavy atom. The highest BCUT2D eigenvalue weighted by Gasteiger charge is 2.19. The van der Waals surface area contributed by atoms with Crippen molar-refractivity contribution in [2.24, 2.45) is 0 Å². The monoisotopic (exact) mass is 329 g/mol. The largest absolute Gasteiger partial charge is 0.462 e. The van der Waals surface area contributed by atoms with Crippen LogP contribution in [0.4, 0.5) is 0 Å². The molecule has 2 heterocycles. The van der Waals surface area contributed by atoms with Crippen LogP contribution < -0.4 is 0 Å². The van der Waals surface area contributed by atoms with Crippen LogP contribution in [0.3, 0.4) is 0 Å². The number of aryl methyl sites for hydroxylation is 1.